The summed E-state index contributed by atoms with van der Waals surface area (Å²) in [5.74, 6) is -0.558. The highest BCUT2D eigenvalue weighted by atomic mass is 16.5. The lowest BCUT2D eigenvalue weighted by Gasteiger charge is -2.26. The molecule has 3 aromatic rings. The zero-order chi connectivity index (χ0) is 26.7. The van der Waals surface area contributed by atoms with Gasteiger partial charge in [0, 0.05) is 11.3 Å². The number of hydrogen-bond donors (Lipinski definition) is 2. The summed E-state index contributed by atoms with van der Waals surface area (Å²) in [6, 6.07) is 15.5. The van der Waals surface area contributed by atoms with E-state index in [0.717, 1.165) is 0 Å². The molecule has 4 rings (SSSR count). The number of carbonyl (C=O) groups excluding carboxylic acids is 2. The summed E-state index contributed by atoms with van der Waals surface area (Å²) in [6.45, 7) is 6.22. The van der Waals surface area contributed by atoms with Crippen molar-refractivity contribution in [3.05, 3.63) is 82.9 Å². The van der Waals surface area contributed by atoms with Crippen molar-refractivity contribution in [2.45, 2.75) is 26.8 Å². The molecule has 1 aliphatic heterocycles. The molecule has 1 heterocycles. The van der Waals surface area contributed by atoms with Crippen LogP contribution in [0.1, 0.15) is 36.6 Å². The predicted molar refractivity (Wildman–Crippen MR) is 139 cm³/mol. The monoisotopic (exact) mass is 503 g/mol. The van der Waals surface area contributed by atoms with Gasteiger partial charge >= 0.3 is 0 Å². The van der Waals surface area contributed by atoms with E-state index in [1.807, 2.05) is 6.92 Å². The Hall–Kier alpha value is -4.46. The van der Waals surface area contributed by atoms with Crippen LogP contribution in [0.4, 0.5) is 5.69 Å². The van der Waals surface area contributed by atoms with E-state index in [0.29, 0.717) is 47.1 Å². The number of carbonyl (C=O) groups is 2. The van der Waals surface area contributed by atoms with Crippen molar-refractivity contribution in [1.29, 1.82) is 0 Å². The van der Waals surface area contributed by atoms with Gasteiger partial charge in [-0.2, -0.15) is 0 Å². The minimum Gasteiger partial charge on any atom is -0.507 e. The van der Waals surface area contributed by atoms with Gasteiger partial charge in [0.2, 0.25) is 0 Å². The first-order valence-corrected chi connectivity index (χ1v) is 11.9. The summed E-state index contributed by atoms with van der Waals surface area (Å²) in [4.78, 5) is 28.2. The van der Waals surface area contributed by atoms with Crippen LogP contribution in [0.2, 0.25) is 0 Å². The van der Waals surface area contributed by atoms with Crippen LogP contribution in [0.5, 0.6) is 23.0 Å². The Labute approximate surface area is 215 Å². The van der Waals surface area contributed by atoms with E-state index in [1.165, 1.54) is 18.1 Å². The average Bonchev–Trinajstić information content (AvgIpc) is 3.16. The normalized spacial score (nSPS) is 16.6. The second-order valence-electron chi connectivity index (χ2n) is 8.44. The molecule has 0 spiro atoms. The van der Waals surface area contributed by atoms with Gasteiger partial charge < -0.3 is 24.4 Å². The smallest absolute Gasteiger partial charge is 0.300 e. The molecule has 1 fully saturated rings. The van der Waals surface area contributed by atoms with Crippen LogP contribution in [-0.2, 0) is 9.59 Å². The standard InChI is InChI=1S/C29H29NO7/c1-5-36-20-10-8-19(9-11-20)30-26(18-7-14-23(31)24(16-18)37-6-2)25(28(33)29(30)34)27(32)22-13-12-21(35-4)15-17(22)3/h7-16,26,31-32H,5-6H2,1-4H3/b27-25+. The molecule has 192 valence electrons. The van der Waals surface area contributed by atoms with Gasteiger partial charge in [-0.3, -0.25) is 14.5 Å². The van der Waals surface area contributed by atoms with Gasteiger partial charge in [-0.05, 0) is 86.5 Å². The SMILES string of the molecule is CCOc1ccc(N2C(=O)C(=O)/C(=C(/O)c3ccc(OC)cc3C)C2c2ccc(O)c(OCC)c2)cc1. The Morgan fingerprint density at radius 1 is 0.919 bits per heavy atom. The molecule has 1 saturated heterocycles. The second-order valence-corrected chi connectivity index (χ2v) is 8.44. The number of phenolic OH excluding ortho intramolecular Hbond substituents is 1. The number of nitrogens with zero attached hydrogens (tertiary/aromatic N) is 1. The Balaban J connectivity index is 1.93. The molecule has 3 aromatic carbocycles. The van der Waals surface area contributed by atoms with E-state index >= 15 is 0 Å². The molecule has 8 nitrogen and oxygen atoms in total. The number of aryl methyl sites for hydroxylation is 1. The Kier molecular flexibility index (Phi) is 7.38. The van der Waals surface area contributed by atoms with Crippen molar-refractivity contribution in [1.82, 2.24) is 0 Å². The van der Waals surface area contributed by atoms with Crippen molar-refractivity contribution in [2.75, 3.05) is 25.2 Å². The van der Waals surface area contributed by atoms with Gasteiger partial charge in [0.15, 0.2) is 11.5 Å². The van der Waals surface area contributed by atoms with Gasteiger partial charge in [0.25, 0.3) is 11.7 Å². The summed E-state index contributed by atoms with van der Waals surface area (Å²) in [5, 5.41) is 21.7. The maximum absolute atomic E-state index is 13.4. The lowest BCUT2D eigenvalue weighted by atomic mass is 9.93. The molecule has 0 radical (unpaired) electrons. The van der Waals surface area contributed by atoms with Gasteiger partial charge in [-0.25, -0.2) is 0 Å². The number of aliphatic hydroxyl groups excluding tert-OH is 1. The molecule has 37 heavy (non-hydrogen) atoms. The number of benzene rings is 3. The third-order valence-electron chi connectivity index (χ3n) is 6.16. The number of ether oxygens (including phenoxy) is 3. The number of hydrogen-bond acceptors (Lipinski definition) is 7. The van der Waals surface area contributed by atoms with Crippen LogP contribution in [0.3, 0.4) is 0 Å². The molecule has 1 amide bonds. The van der Waals surface area contributed by atoms with Crippen molar-refractivity contribution in [3.8, 4) is 23.0 Å². The Morgan fingerprint density at radius 3 is 2.22 bits per heavy atom. The van der Waals surface area contributed by atoms with Gasteiger partial charge in [-0.15, -0.1) is 0 Å². The molecule has 2 N–H and O–H groups in total. The molecule has 0 bridgehead atoms. The molecule has 0 aliphatic carbocycles. The van der Waals surface area contributed by atoms with Crippen LogP contribution in [0.15, 0.2) is 66.2 Å². The number of aliphatic hydroxyl groups is 1. The number of phenols is 1. The fraction of sp³-hybridized carbons (Fsp3) is 0.241. The number of Topliss-reactive ketones (excluding diaryl/α,β-unsaturated/α-hetero) is 1. The molecule has 1 unspecified atom stereocenters. The zero-order valence-corrected chi connectivity index (χ0v) is 21.1. The lowest BCUT2D eigenvalue weighted by Crippen LogP contribution is -2.29. The van der Waals surface area contributed by atoms with Crippen molar-refractivity contribution < 1.29 is 34.0 Å². The van der Waals surface area contributed by atoms with Crippen LogP contribution < -0.4 is 19.1 Å². The highest BCUT2D eigenvalue weighted by Gasteiger charge is 2.47. The summed E-state index contributed by atoms with van der Waals surface area (Å²) in [7, 11) is 1.54. The number of ketones is 1. The fourth-order valence-electron chi connectivity index (χ4n) is 4.43. The number of methoxy groups -OCH3 is 1. The van der Waals surface area contributed by atoms with E-state index in [9.17, 15) is 19.8 Å². The first-order valence-electron chi connectivity index (χ1n) is 11.9. The molecule has 0 aromatic heterocycles. The Bertz CT molecular complexity index is 1360. The number of anilines is 1. The third kappa shape index (κ3) is 4.82. The van der Waals surface area contributed by atoms with E-state index in [4.69, 9.17) is 14.2 Å². The summed E-state index contributed by atoms with van der Waals surface area (Å²) < 4.78 is 16.3. The van der Waals surface area contributed by atoms with Gasteiger partial charge in [0.05, 0.1) is 31.9 Å². The van der Waals surface area contributed by atoms with Crippen LogP contribution >= 0.6 is 0 Å². The van der Waals surface area contributed by atoms with E-state index < -0.39 is 17.7 Å². The summed E-state index contributed by atoms with van der Waals surface area (Å²) in [5.41, 5.74) is 1.94. The molecule has 8 heteroatoms. The predicted octanol–water partition coefficient (Wildman–Crippen LogP) is 5.13. The maximum atomic E-state index is 13.4. The maximum Gasteiger partial charge on any atom is 0.300 e. The highest BCUT2D eigenvalue weighted by molar-refractivity contribution is 6.51. The van der Waals surface area contributed by atoms with E-state index in [2.05, 4.69) is 0 Å². The Morgan fingerprint density at radius 2 is 1.59 bits per heavy atom. The molecule has 0 saturated carbocycles. The van der Waals surface area contributed by atoms with Crippen LogP contribution in [0, 0.1) is 6.92 Å². The molecular formula is C29H29NO7. The zero-order valence-electron chi connectivity index (χ0n) is 21.1. The quantitative estimate of drug-likeness (QED) is 0.249. The average molecular weight is 504 g/mol. The number of rotatable bonds is 8. The first kappa shape index (κ1) is 25.6. The van der Waals surface area contributed by atoms with Gasteiger partial charge in [0.1, 0.15) is 17.3 Å². The molecule has 1 atom stereocenters. The molecular weight excluding hydrogens is 474 g/mol. The van der Waals surface area contributed by atoms with Crippen LogP contribution in [-0.4, -0.2) is 42.2 Å². The van der Waals surface area contributed by atoms with Gasteiger partial charge in [-0.1, -0.05) is 6.07 Å². The minimum absolute atomic E-state index is 0.0692. The number of amides is 1. The van der Waals surface area contributed by atoms with Crippen molar-refractivity contribution in [2.24, 2.45) is 0 Å². The van der Waals surface area contributed by atoms with Crippen molar-refractivity contribution >= 4 is 23.1 Å². The largest absolute Gasteiger partial charge is 0.507 e. The molecule has 1 aliphatic rings. The first-order chi connectivity index (χ1) is 17.8. The van der Waals surface area contributed by atoms with Crippen molar-refractivity contribution in [3.63, 3.8) is 0 Å². The van der Waals surface area contributed by atoms with E-state index in [1.54, 1.807) is 68.4 Å². The topological polar surface area (TPSA) is 106 Å². The fourth-order valence-corrected chi connectivity index (χ4v) is 4.43. The highest BCUT2D eigenvalue weighted by Crippen LogP contribution is 2.44. The van der Waals surface area contributed by atoms with E-state index in [-0.39, 0.29) is 22.8 Å². The van der Waals surface area contributed by atoms with Crippen LogP contribution in [0.25, 0.3) is 5.76 Å². The lowest BCUT2D eigenvalue weighted by molar-refractivity contribution is -0.132. The third-order valence-corrected chi connectivity index (χ3v) is 6.16. The minimum atomic E-state index is -0.973. The summed E-state index contributed by atoms with van der Waals surface area (Å²) in [6.07, 6.45) is 0. The summed E-state index contributed by atoms with van der Waals surface area (Å²) >= 11 is 0. The second kappa shape index (κ2) is 10.7. The number of aromatic hydroxyl groups is 1.